The second kappa shape index (κ2) is 18.4. The zero-order valence-electron chi connectivity index (χ0n) is 36.6. The van der Waals surface area contributed by atoms with Crippen LogP contribution in [0.1, 0.15) is 155 Å². The predicted molar refractivity (Wildman–Crippen MR) is 233 cm³/mol. The zero-order chi connectivity index (χ0) is 41.8. The Balaban J connectivity index is 1.30. The van der Waals surface area contributed by atoms with E-state index in [0.29, 0.717) is 18.4 Å². The Bertz CT molecular complexity index is 2260. The Hall–Kier alpha value is -4.79. The molecule has 9 heteroatoms. The van der Waals surface area contributed by atoms with E-state index in [0.717, 1.165) is 98.2 Å². The number of fused-ring (bicyclic) bond motifs is 7. The number of Topliss-reactive ketones (excluding diaryl/α,β-unsaturated/α-hetero) is 1. The van der Waals surface area contributed by atoms with Crippen molar-refractivity contribution in [2.75, 3.05) is 13.7 Å². The Morgan fingerprint density at radius 3 is 2.38 bits per heavy atom. The van der Waals surface area contributed by atoms with Gasteiger partial charge in [-0.25, -0.2) is 0 Å². The quantitative estimate of drug-likeness (QED) is 0.0652. The number of allylic oxidation sites excluding steroid dienone is 3. The number of esters is 2. The van der Waals surface area contributed by atoms with Gasteiger partial charge in [0.15, 0.2) is 5.78 Å². The molecule has 3 aliphatic rings. The van der Waals surface area contributed by atoms with E-state index in [9.17, 15) is 14.4 Å². The molecule has 0 amide bonds. The summed E-state index contributed by atoms with van der Waals surface area (Å²) in [6.45, 7) is 19.4. The van der Waals surface area contributed by atoms with Crippen LogP contribution in [0.4, 0.5) is 0 Å². The molecule has 1 aliphatic carbocycles. The molecule has 0 aromatic carbocycles. The van der Waals surface area contributed by atoms with E-state index in [-0.39, 0.29) is 42.6 Å². The molecule has 3 aromatic rings. The van der Waals surface area contributed by atoms with Gasteiger partial charge in [0.1, 0.15) is 6.61 Å². The van der Waals surface area contributed by atoms with Gasteiger partial charge >= 0.3 is 11.9 Å². The first-order valence-electron chi connectivity index (χ1n) is 21.7. The van der Waals surface area contributed by atoms with Gasteiger partial charge in [0, 0.05) is 68.6 Å². The highest BCUT2D eigenvalue weighted by Crippen LogP contribution is 2.47. The van der Waals surface area contributed by atoms with Crippen LogP contribution in [0, 0.1) is 43.4 Å². The van der Waals surface area contributed by atoms with Crippen molar-refractivity contribution in [2.24, 2.45) is 29.6 Å². The Kier molecular flexibility index (Phi) is 13.6. The van der Waals surface area contributed by atoms with Gasteiger partial charge in [0.25, 0.3) is 0 Å². The molecule has 3 aromatic heterocycles. The number of aromatic nitrogens is 3. The van der Waals surface area contributed by atoms with Gasteiger partial charge in [-0.2, -0.15) is 0 Å². The van der Waals surface area contributed by atoms with Crippen molar-refractivity contribution in [3.8, 4) is 0 Å². The maximum absolute atomic E-state index is 13.5. The summed E-state index contributed by atoms with van der Waals surface area (Å²) in [5, 5.41) is 5.72. The number of rotatable bonds is 16. The average molecular weight is 791 g/mol. The smallest absolute Gasteiger partial charge is 0.313 e. The molecule has 0 saturated carbocycles. The summed E-state index contributed by atoms with van der Waals surface area (Å²) in [4.78, 5) is 50.8. The normalized spacial score (nSPS) is 19.1. The highest BCUT2D eigenvalue weighted by atomic mass is 16.5. The number of hydrogen-bond acceptors (Lipinski definition) is 6. The Labute approximate surface area is 344 Å². The number of carbonyl (C=O) groups excluding carboxylic acids is 3. The fourth-order valence-electron chi connectivity index (χ4n) is 9.49. The molecule has 2 aliphatic heterocycles. The molecule has 1 saturated heterocycles. The standard InChI is InChI=1S/C49H66N4O5/c1-11-36-30(6)39-26-43-45(33(9)54)32(8)41(52-43)25-40-31(7)37(18-19-44(55)58-21-20-29(5)17-13-16-28(4)15-12-14-27(2)3)48(53-40)46-38(49(56)57-10)23-34-22-35(50-47(34)46)24-42(36)51-39/h20,22,24-28,31,37-38,50-53H,11-19,21,23H2,1-10H3/b29-20+,39-26?,40-25?,42-24?,48-46?/t28?,31-,37-,38-/m0/s1. The van der Waals surface area contributed by atoms with Crippen molar-refractivity contribution >= 4 is 41.5 Å². The monoisotopic (exact) mass is 791 g/mol. The number of ether oxygens (including phenoxy) is 2. The third kappa shape index (κ3) is 9.24. The molecule has 5 heterocycles. The van der Waals surface area contributed by atoms with Crippen LogP contribution in [0.3, 0.4) is 0 Å². The first-order chi connectivity index (χ1) is 27.7. The summed E-state index contributed by atoms with van der Waals surface area (Å²) >= 11 is 0. The minimum atomic E-state index is -0.498. The molecule has 1 fully saturated rings. The van der Waals surface area contributed by atoms with Gasteiger partial charge in [0.2, 0.25) is 0 Å². The largest absolute Gasteiger partial charge is 0.469 e. The molecule has 8 bridgehead atoms. The van der Waals surface area contributed by atoms with E-state index >= 15 is 0 Å². The molecule has 0 spiro atoms. The fourth-order valence-corrected chi connectivity index (χ4v) is 9.49. The van der Waals surface area contributed by atoms with Gasteiger partial charge < -0.3 is 29.7 Å². The van der Waals surface area contributed by atoms with Crippen molar-refractivity contribution in [1.29, 1.82) is 0 Å². The maximum atomic E-state index is 13.5. The van der Waals surface area contributed by atoms with Gasteiger partial charge in [-0.3, -0.25) is 14.4 Å². The molecule has 1 unspecified atom stereocenters. The zero-order valence-corrected chi connectivity index (χ0v) is 36.6. The lowest BCUT2D eigenvalue weighted by Gasteiger charge is -2.20. The summed E-state index contributed by atoms with van der Waals surface area (Å²) in [6.07, 6.45) is 17.7. The lowest BCUT2D eigenvalue weighted by Crippen LogP contribution is -2.21. The third-order valence-corrected chi connectivity index (χ3v) is 12.9. The van der Waals surface area contributed by atoms with Crippen molar-refractivity contribution in [2.45, 2.75) is 127 Å². The van der Waals surface area contributed by atoms with E-state index in [1.807, 2.05) is 13.0 Å². The van der Waals surface area contributed by atoms with Crippen LogP contribution in [-0.4, -0.2) is 46.4 Å². The molecule has 4 N–H and O–H groups in total. The second-order valence-corrected chi connectivity index (χ2v) is 17.7. The van der Waals surface area contributed by atoms with Crippen molar-refractivity contribution in [1.82, 2.24) is 20.3 Å². The number of ketones is 1. The highest BCUT2D eigenvalue weighted by Gasteiger charge is 2.43. The highest BCUT2D eigenvalue weighted by molar-refractivity contribution is 6.00. The number of hydrogen-bond donors (Lipinski definition) is 4. The molecule has 4 atom stereocenters. The molecule has 58 heavy (non-hydrogen) atoms. The van der Waals surface area contributed by atoms with Crippen LogP contribution in [0.5, 0.6) is 0 Å². The van der Waals surface area contributed by atoms with Gasteiger partial charge in [0.05, 0.1) is 18.7 Å². The lowest BCUT2D eigenvalue weighted by molar-refractivity contribution is -0.144. The van der Waals surface area contributed by atoms with Crippen molar-refractivity contribution in [3.63, 3.8) is 0 Å². The van der Waals surface area contributed by atoms with Crippen LogP contribution in [0.15, 0.2) is 29.1 Å². The number of aromatic amines is 3. The molecular formula is C49H66N4O5. The fraction of sp³-hybridized carbons (Fsp3) is 0.531. The first kappa shape index (κ1) is 42.8. The molecule has 312 valence electrons. The molecule has 9 nitrogen and oxygen atoms in total. The van der Waals surface area contributed by atoms with E-state index in [2.05, 4.69) is 93.0 Å². The summed E-state index contributed by atoms with van der Waals surface area (Å²) in [5.41, 5.74) is 12.4. The number of nitrogens with one attached hydrogen (secondary N) is 4. The topological polar surface area (TPSA) is 129 Å². The van der Waals surface area contributed by atoms with E-state index in [1.54, 1.807) is 6.92 Å². The van der Waals surface area contributed by atoms with Gasteiger partial charge in [-0.15, -0.1) is 0 Å². The number of carbonyl (C=O) groups is 3. The Morgan fingerprint density at radius 1 is 0.914 bits per heavy atom. The Morgan fingerprint density at radius 2 is 1.67 bits per heavy atom. The van der Waals surface area contributed by atoms with Gasteiger partial charge in [-0.05, 0) is 124 Å². The van der Waals surface area contributed by atoms with E-state index in [1.165, 1.54) is 43.9 Å². The third-order valence-electron chi connectivity index (χ3n) is 12.9. The summed E-state index contributed by atoms with van der Waals surface area (Å²) in [6, 6.07) is 2.13. The number of H-pyrrole nitrogens is 3. The average Bonchev–Trinajstić information content (AvgIpc) is 3.94. The summed E-state index contributed by atoms with van der Waals surface area (Å²) in [7, 11) is 1.44. The minimum Gasteiger partial charge on any atom is -0.469 e. The van der Waals surface area contributed by atoms with Crippen LogP contribution in [0.2, 0.25) is 0 Å². The summed E-state index contributed by atoms with van der Waals surface area (Å²) in [5.74, 6) is 0.344. The van der Waals surface area contributed by atoms with Gasteiger partial charge in [-0.1, -0.05) is 65.9 Å². The maximum Gasteiger partial charge on any atom is 0.313 e. The number of methoxy groups -OCH3 is 1. The lowest BCUT2D eigenvalue weighted by atomic mass is 9.85. The molecule has 6 rings (SSSR count). The van der Waals surface area contributed by atoms with Crippen LogP contribution in [-0.2, 0) is 31.9 Å². The van der Waals surface area contributed by atoms with Crippen LogP contribution in [0.25, 0.3) is 23.8 Å². The van der Waals surface area contributed by atoms with Crippen LogP contribution >= 0.6 is 0 Å². The SMILES string of the molecule is CCc1c(C)c2[nH]c1=Cc1cc3c([nH]1)C(=C1NC(=Cc4[nH]c(c(C(C)=O)c4C)C=2)[C@@H](C)[C@@H]1CCC(=O)OC/C=C(\C)CCCC(C)CCCC(C)C)[C@@H](C(=O)OC)C3. The molecule has 0 radical (unpaired) electrons. The predicted octanol–water partition coefficient (Wildman–Crippen LogP) is 8.88. The first-order valence-corrected chi connectivity index (χ1v) is 21.7. The van der Waals surface area contributed by atoms with E-state index in [4.69, 9.17) is 9.47 Å². The second-order valence-electron chi connectivity index (χ2n) is 17.7. The van der Waals surface area contributed by atoms with E-state index < -0.39 is 5.92 Å². The van der Waals surface area contributed by atoms with Crippen LogP contribution < -0.4 is 16.0 Å². The van der Waals surface area contributed by atoms with Crippen molar-refractivity contribution in [3.05, 3.63) is 90.4 Å². The summed E-state index contributed by atoms with van der Waals surface area (Å²) < 4.78 is 11.2. The minimum absolute atomic E-state index is 0.00827. The van der Waals surface area contributed by atoms with Crippen molar-refractivity contribution < 1.29 is 23.9 Å². The molecular weight excluding hydrogens is 725 g/mol.